The lowest BCUT2D eigenvalue weighted by molar-refractivity contribution is -0.121. The summed E-state index contributed by atoms with van der Waals surface area (Å²) in [5.74, 6) is 1.15. The van der Waals surface area contributed by atoms with Crippen molar-refractivity contribution >= 4 is 16.9 Å². The lowest BCUT2D eigenvalue weighted by atomic mass is 9.92. The molecule has 2 N–H and O–H groups in total. The minimum atomic E-state index is -0.239. The molecule has 0 radical (unpaired) electrons. The van der Waals surface area contributed by atoms with Gasteiger partial charge in [0.1, 0.15) is 17.0 Å². The van der Waals surface area contributed by atoms with E-state index in [1.807, 2.05) is 13.1 Å². The van der Waals surface area contributed by atoms with Crippen LogP contribution in [0.3, 0.4) is 0 Å². The van der Waals surface area contributed by atoms with Gasteiger partial charge in [-0.3, -0.25) is 14.3 Å². The molecule has 0 aliphatic heterocycles. The number of carbonyl (C=O) groups is 1. The Balaban J connectivity index is 1.44. The second kappa shape index (κ2) is 6.90. The lowest BCUT2D eigenvalue weighted by Crippen LogP contribution is -2.32. The van der Waals surface area contributed by atoms with Crippen LogP contribution in [0.1, 0.15) is 48.2 Å². The number of aromatic nitrogens is 6. The topological polar surface area (TPSA) is 118 Å². The zero-order valence-electron chi connectivity index (χ0n) is 15.3. The minimum absolute atomic E-state index is 0.0617. The molecule has 0 saturated carbocycles. The van der Waals surface area contributed by atoms with Gasteiger partial charge in [-0.05, 0) is 26.2 Å². The number of aryl methyl sites for hydroxylation is 4. The van der Waals surface area contributed by atoms with Crippen molar-refractivity contribution in [2.24, 2.45) is 7.05 Å². The highest BCUT2D eigenvalue weighted by Crippen LogP contribution is 2.28. The van der Waals surface area contributed by atoms with Gasteiger partial charge in [0.05, 0.1) is 12.2 Å². The van der Waals surface area contributed by atoms with Crippen LogP contribution in [-0.4, -0.2) is 35.6 Å². The Hall–Kier alpha value is -3.10. The van der Waals surface area contributed by atoms with Gasteiger partial charge in [0.25, 0.3) is 5.56 Å². The molecule has 0 bridgehead atoms. The highest BCUT2D eigenvalue weighted by atomic mass is 16.1. The molecule has 27 heavy (non-hydrogen) atoms. The largest absolute Gasteiger partial charge is 0.349 e. The van der Waals surface area contributed by atoms with Gasteiger partial charge < -0.3 is 10.3 Å². The Morgan fingerprint density at radius 1 is 1.37 bits per heavy atom. The quantitative estimate of drug-likeness (QED) is 0.707. The Morgan fingerprint density at radius 2 is 2.22 bits per heavy atom. The number of carbonyl (C=O) groups excluding carboxylic acids is 1. The molecule has 1 atom stereocenters. The number of hydrogen-bond acceptors (Lipinski definition) is 6. The molecule has 1 aliphatic rings. The van der Waals surface area contributed by atoms with Gasteiger partial charge in [-0.1, -0.05) is 0 Å². The molecular formula is C18H21N7O2. The van der Waals surface area contributed by atoms with E-state index in [2.05, 4.69) is 30.4 Å². The molecule has 0 aromatic carbocycles. The Labute approximate surface area is 155 Å². The second-order valence-corrected chi connectivity index (χ2v) is 6.85. The van der Waals surface area contributed by atoms with Gasteiger partial charge in [-0.15, -0.1) is 0 Å². The van der Waals surface area contributed by atoms with Crippen molar-refractivity contribution in [1.82, 2.24) is 35.0 Å². The van der Waals surface area contributed by atoms with Crippen LogP contribution in [0.25, 0.3) is 11.0 Å². The summed E-state index contributed by atoms with van der Waals surface area (Å²) in [5.41, 5.74) is 2.30. The van der Waals surface area contributed by atoms with E-state index in [4.69, 9.17) is 0 Å². The van der Waals surface area contributed by atoms with Crippen LogP contribution >= 0.6 is 0 Å². The van der Waals surface area contributed by atoms with E-state index in [0.29, 0.717) is 23.3 Å². The van der Waals surface area contributed by atoms with Crippen LogP contribution in [0.2, 0.25) is 0 Å². The molecule has 9 nitrogen and oxygen atoms in total. The number of rotatable bonds is 4. The van der Waals surface area contributed by atoms with Crippen LogP contribution in [0.5, 0.6) is 0 Å². The molecular weight excluding hydrogens is 346 g/mol. The number of aromatic amines is 1. The van der Waals surface area contributed by atoms with Crippen LogP contribution in [0.15, 0.2) is 17.2 Å². The van der Waals surface area contributed by atoms with Gasteiger partial charge in [0.15, 0.2) is 5.65 Å². The van der Waals surface area contributed by atoms with Gasteiger partial charge in [-0.25, -0.2) is 15.0 Å². The number of amides is 1. The first-order valence-electron chi connectivity index (χ1n) is 9.04. The maximum absolute atomic E-state index is 12.4. The van der Waals surface area contributed by atoms with E-state index < -0.39 is 0 Å². The van der Waals surface area contributed by atoms with Crippen molar-refractivity contribution < 1.29 is 4.79 Å². The average Bonchev–Trinajstić information content (AvgIpc) is 3.01. The lowest BCUT2D eigenvalue weighted by Gasteiger charge is -2.25. The van der Waals surface area contributed by atoms with Crippen molar-refractivity contribution in [2.45, 2.75) is 45.1 Å². The molecule has 1 unspecified atom stereocenters. The molecule has 9 heteroatoms. The SMILES string of the molecule is Cc1ncc2c(n1)CCCC2NC(=O)CCc1nc2c(cnn2C)c(=O)[nH]1. The zero-order chi connectivity index (χ0) is 19.0. The number of nitrogens with one attached hydrogen (secondary N) is 2. The molecule has 1 amide bonds. The van der Waals surface area contributed by atoms with Crippen molar-refractivity contribution in [3.8, 4) is 0 Å². The van der Waals surface area contributed by atoms with Gasteiger partial charge in [-0.2, -0.15) is 5.10 Å². The summed E-state index contributed by atoms with van der Waals surface area (Å²) >= 11 is 0. The Bertz CT molecular complexity index is 1070. The summed E-state index contributed by atoms with van der Waals surface area (Å²) in [4.78, 5) is 40.4. The van der Waals surface area contributed by atoms with Crippen LogP contribution in [-0.2, 0) is 24.7 Å². The fourth-order valence-corrected chi connectivity index (χ4v) is 3.49. The predicted octanol–water partition coefficient (Wildman–Crippen LogP) is 0.881. The van der Waals surface area contributed by atoms with Crippen molar-refractivity contribution in [1.29, 1.82) is 0 Å². The smallest absolute Gasteiger partial charge is 0.262 e. The van der Waals surface area contributed by atoms with E-state index in [0.717, 1.165) is 36.3 Å². The maximum Gasteiger partial charge on any atom is 0.262 e. The predicted molar refractivity (Wildman–Crippen MR) is 98.0 cm³/mol. The average molecular weight is 367 g/mol. The standard InChI is InChI=1S/C18H21N7O2/c1-10-19-8-11-13(21-10)4-3-5-14(11)22-16(26)7-6-15-23-17-12(18(27)24-15)9-20-25(17)2/h8-9,14H,3-7H2,1-2H3,(H,22,26)(H,23,24,27). The molecule has 1 aliphatic carbocycles. The molecule has 3 aromatic rings. The minimum Gasteiger partial charge on any atom is -0.349 e. The van der Waals surface area contributed by atoms with Gasteiger partial charge in [0, 0.05) is 37.3 Å². The maximum atomic E-state index is 12.4. The fourth-order valence-electron chi connectivity index (χ4n) is 3.49. The molecule has 3 aromatic heterocycles. The van der Waals surface area contributed by atoms with E-state index in [-0.39, 0.29) is 23.9 Å². The molecule has 0 saturated heterocycles. The number of H-pyrrole nitrogens is 1. The van der Waals surface area contributed by atoms with Crippen LogP contribution in [0, 0.1) is 6.92 Å². The second-order valence-electron chi connectivity index (χ2n) is 6.85. The normalized spacial score (nSPS) is 16.3. The van der Waals surface area contributed by atoms with E-state index in [1.165, 1.54) is 6.20 Å². The Morgan fingerprint density at radius 3 is 3.07 bits per heavy atom. The van der Waals surface area contributed by atoms with Crippen molar-refractivity contribution in [3.63, 3.8) is 0 Å². The summed E-state index contributed by atoms with van der Waals surface area (Å²) in [7, 11) is 1.73. The van der Waals surface area contributed by atoms with E-state index >= 15 is 0 Å². The molecule has 140 valence electrons. The van der Waals surface area contributed by atoms with E-state index in [1.54, 1.807) is 11.7 Å². The Kier molecular flexibility index (Phi) is 4.43. The first kappa shape index (κ1) is 17.3. The molecule has 4 rings (SSSR count). The summed E-state index contributed by atoms with van der Waals surface area (Å²) in [6.07, 6.45) is 6.68. The third-order valence-electron chi connectivity index (χ3n) is 4.88. The number of nitrogens with zero attached hydrogens (tertiary/aromatic N) is 5. The number of hydrogen-bond donors (Lipinski definition) is 2. The summed E-state index contributed by atoms with van der Waals surface area (Å²) < 4.78 is 1.55. The molecule has 0 spiro atoms. The van der Waals surface area contributed by atoms with Gasteiger partial charge >= 0.3 is 0 Å². The zero-order valence-corrected chi connectivity index (χ0v) is 15.3. The summed E-state index contributed by atoms with van der Waals surface area (Å²) in [6, 6.07) is -0.0617. The molecule has 0 fully saturated rings. The first-order valence-corrected chi connectivity index (χ1v) is 9.04. The van der Waals surface area contributed by atoms with Crippen LogP contribution in [0.4, 0.5) is 0 Å². The third kappa shape index (κ3) is 3.44. The summed E-state index contributed by atoms with van der Waals surface area (Å²) in [6.45, 7) is 1.87. The van der Waals surface area contributed by atoms with Crippen LogP contribution < -0.4 is 10.9 Å². The molecule has 3 heterocycles. The third-order valence-corrected chi connectivity index (χ3v) is 4.88. The summed E-state index contributed by atoms with van der Waals surface area (Å²) in [5, 5.41) is 7.55. The van der Waals surface area contributed by atoms with Crippen molar-refractivity contribution in [2.75, 3.05) is 0 Å². The monoisotopic (exact) mass is 367 g/mol. The number of fused-ring (bicyclic) bond motifs is 2. The highest BCUT2D eigenvalue weighted by molar-refractivity contribution is 5.77. The van der Waals surface area contributed by atoms with E-state index in [9.17, 15) is 9.59 Å². The fraction of sp³-hybridized carbons (Fsp3) is 0.444. The van der Waals surface area contributed by atoms with Gasteiger partial charge in [0.2, 0.25) is 5.91 Å². The first-order chi connectivity index (χ1) is 13.0. The van der Waals surface area contributed by atoms with Crippen molar-refractivity contribution in [3.05, 3.63) is 45.7 Å². The highest BCUT2D eigenvalue weighted by Gasteiger charge is 2.23.